The van der Waals surface area contributed by atoms with Crippen LogP contribution in [0.3, 0.4) is 0 Å². The first kappa shape index (κ1) is 9.24. The molecule has 6 heteroatoms. The normalized spacial score (nSPS) is 13.7. The van der Waals surface area contributed by atoms with Gasteiger partial charge in [0.05, 0.1) is 19.2 Å². The van der Waals surface area contributed by atoms with Crippen molar-refractivity contribution >= 4 is 12.4 Å². The van der Waals surface area contributed by atoms with Crippen LogP contribution >= 0.6 is 0 Å². The first-order valence-corrected chi connectivity index (χ1v) is 3.73. The summed E-state index contributed by atoms with van der Waals surface area (Å²) in [5.74, 6) is 0. The van der Waals surface area contributed by atoms with Gasteiger partial charge < -0.3 is 10.1 Å². The zero-order valence-electron chi connectivity index (χ0n) is 6.92. The van der Waals surface area contributed by atoms with E-state index in [1.165, 1.54) is 6.34 Å². The number of H-pyrrole nitrogens is 1. The Morgan fingerprint density at radius 2 is 2.46 bits per heavy atom. The van der Waals surface area contributed by atoms with Crippen LogP contribution in [0.2, 0.25) is 0 Å². The third-order valence-electron chi connectivity index (χ3n) is 1.34. The molecule has 1 aliphatic rings. The predicted molar refractivity (Wildman–Crippen MR) is 46.7 cm³/mol. The van der Waals surface area contributed by atoms with Crippen LogP contribution in [0.4, 0.5) is 4.79 Å². The number of aliphatic imine (C=N–C) groups is 1. The Balaban J connectivity index is 0.000000145. The summed E-state index contributed by atoms with van der Waals surface area (Å²) in [5, 5.41) is 8.25. The summed E-state index contributed by atoms with van der Waals surface area (Å²) in [7, 11) is 0. The summed E-state index contributed by atoms with van der Waals surface area (Å²) in [4.78, 5) is 21.3. The number of carbonyl (C=O) groups is 1. The summed E-state index contributed by atoms with van der Waals surface area (Å²) in [6.07, 6.45) is 5.49. The smallest absolute Gasteiger partial charge is 0.412 e. The second-order valence-corrected chi connectivity index (χ2v) is 2.26. The molecule has 0 saturated heterocycles. The predicted octanol–water partition coefficient (Wildman–Crippen LogP) is 0.418. The zero-order chi connectivity index (χ0) is 9.52. The molecule has 2 N–H and O–H groups in total. The van der Waals surface area contributed by atoms with Crippen molar-refractivity contribution in [1.29, 1.82) is 0 Å². The minimum atomic E-state index is -0.925. The molecule has 2 rings (SSSR count). The number of hydrogen-bond donors (Lipinski definition) is 2. The van der Waals surface area contributed by atoms with Gasteiger partial charge in [0, 0.05) is 18.9 Å². The third kappa shape index (κ3) is 3.37. The minimum Gasteiger partial charge on any atom is -0.465 e. The number of hydrogen-bond acceptors (Lipinski definition) is 3. The van der Waals surface area contributed by atoms with Gasteiger partial charge in [0.2, 0.25) is 0 Å². The van der Waals surface area contributed by atoms with E-state index in [0.29, 0.717) is 13.1 Å². The number of amides is 1. The van der Waals surface area contributed by atoms with Crippen LogP contribution in [0.15, 0.2) is 23.7 Å². The monoisotopic (exact) mass is 182 g/mol. The minimum absolute atomic E-state index is 0.509. The molecule has 0 unspecified atom stereocenters. The van der Waals surface area contributed by atoms with Gasteiger partial charge in [-0.15, -0.1) is 0 Å². The van der Waals surface area contributed by atoms with Crippen LogP contribution in [0.1, 0.15) is 0 Å². The highest BCUT2D eigenvalue weighted by molar-refractivity contribution is 5.81. The average Bonchev–Trinajstić information content (AvgIpc) is 2.82. The molecule has 0 bridgehead atoms. The average molecular weight is 182 g/mol. The molecule has 13 heavy (non-hydrogen) atoms. The second-order valence-electron chi connectivity index (χ2n) is 2.26. The Morgan fingerprint density at radius 1 is 1.62 bits per heavy atom. The maximum absolute atomic E-state index is 10.0. The van der Waals surface area contributed by atoms with Crippen LogP contribution in [-0.2, 0) is 0 Å². The molecule has 0 radical (unpaired) electrons. The van der Waals surface area contributed by atoms with E-state index in [1.54, 1.807) is 18.7 Å². The molecular formula is C7H10N4O2. The van der Waals surface area contributed by atoms with Crippen molar-refractivity contribution in [3.8, 4) is 0 Å². The molecule has 0 aliphatic carbocycles. The van der Waals surface area contributed by atoms with Gasteiger partial charge in [0.25, 0.3) is 0 Å². The number of carboxylic acid groups (broad SMARTS) is 1. The zero-order valence-corrected chi connectivity index (χ0v) is 6.92. The van der Waals surface area contributed by atoms with Crippen LogP contribution in [-0.4, -0.2) is 45.5 Å². The number of rotatable bonds is 0. The molecule has 1 amide bonds. The number of aromatic amines is 1. The highest BCUT2D eigenvalue weighted by atomic mass is 16.4. The standard InChI is InChI=1S/C4H6N2O2.C3H4N2/c7-4(8)6-2-1-5-3-6;1-2-5-3-4-1/h3H,1-2H2,(H,7,8);1-3H,(H,4,5). The fraction of sp³-hybridized carbons (Fsp3) is 0.286. The Labute approximate surface area is 74.9 Å². The fourth-order valence-electron chi connectivity index (χ4n) is 0.740. The van der Waals surface area contributed by atoms with Gasteiger partial charge >= 0.3 is 6.09 Å². The Morgan fingerprint density at radius 3 is 2.69 bits per heavy atom. The van der Waals surface area contributed by atoms with Gasteiger partial charge in [-0.2, -0.15) is 0 Å². The number of nitrogens with zero attached hydrogens (tertiary/aromatic N) is 3. The number of imidazole rings is 1. The molecule has 0 atom stereocenters. The topological polar surface area (TPSA) is 81.6 Å². The van der Waals surface area contributed by atoms with E-state index in [4.69, 9.17) is 5.11 Å². The highest BCUT2D eigenvalue weighted by Gasteiger charge is 2.10. The van der Waals surface area contributed by atoms with E-state index in [9.17, 15) is 4.79 Å². The molecule has 1 aromatic rings. The van der Waals surface area contributed by atoms with Crippen LogP contribution in [0.5, 0.6) is 0 Å². The van der Waals surface area contributed by atoms with Crippen molar-refractivity contribution in [2.75, 3.05) is 13.1 Å². The van der Waals surface area contributed by atoms with Gasteiger partial charge in [-0.25, -0.2) is 9.78 Å². The van der Waals surface area contributed by atoms with Gasteiger partial charge in [0.15, 0.2) is 0 Å². The quantitative estimate of drug-likeness (QED) is 0.610. The molecule has 6 nitrogen and oxygen atoms in total. The molecule has 1 aliphatic heterocycles. The van der Waals surface area contributed by atoms with E-state index in [-0.39, 0.29) is 0 Å². The van der Waals surface area contributed by atoms with Gasteiger partial charge in [-0.05, 0) is 0 Å². The Bertz CT molecular complexity index is 253. The maximum Gasteiger partial charge on any atom is 0.412 e. The summed E-state index contributed by atoms with van der Waals surface area (Å²) < 4.78 is 0. The Hall–Kier alpha value is -1.85. The van der Waals surface area contributed by atoms with Crippen molar-refractivity contribution < 1.29 is 9.90 Å². The summed E-state index contributed by atoms with van der Waals surface area (Å²) in [5.41, 5.74) is 0. The first-order chi connectivity index (χ1) is 6.30. The largest absolute Gasteiger partial charge is 0.465 e. The summed E-state index contributed by atoms with van der Waals surface area (Å²) in [6, 6.07) is 0. The molecule has 70 valence electrons. The lowest BCUT2D eigenvalue weighted by Crippen LogP contribution is -2.25. The lowest BCUT2D eigenvalue weighted by molar-refractivity contribution is 0.173. The molecule has 0 aromatic carbocycles. The highest BCUT2D eigenvalue weighted by Crippen LogP contribution is 1.91. The van der Waals surface area contributed by atoms with E-state index < -0.39 is 6.09 Å². The van der Waals surface area contributed by atoms with Gasteiger partial charge in [0.1, 0.15) is 0 Å². The van der Waals surface area contributed by atoms with E-state index in [2.05, 4.69) is 15.0 Å². The molecule has 0 saturated carbocycles. The number of aromatic nitrogens is 2. The third-order valence-corrected chi connectivity index (χ3v) is 1.34. The van der Waals surface area contributed by atoms with Crippen molar-refractivity contribution in [3.63, 3.8) is 0 Å². The van der Waals surface area contributed by atoms with E-state index >= 15 is 0 Å². The van der Waals surface area contributed by atoms with Gasteiger partial charge in [-0.3, -0.25) is 9.89 Å². The molecular weight excluding hydrogens is 172 g/mol. The van der Waals surface area contributed by atoms with E-state index in [0.717, 1.165) is 4.90 Å². The second kappa shape index (κ2) is 4.91. The van der Waals surface area contributed by atoms with Crippen molar-refractivity contribution in [3.05, 3.63) is 18.7 Å². The van der Waals surface area contributed by atoms with Crippen LogP contribution in [0, 0.1) is 0 Å². The lowest BCUT2D eigenvalue weighted by Gasteiger charge is -2.02. The van der Waals surface area contributed by atoms with Crippen molar-refractivity contribution in [1.82, 2.24) is 14.9 Å². The summed E-state index contributed by atoms with van der Waals surface area (Å²) in [6.45, 7) is 1.11. The molecule has 0 fully saturated rings. The molecule has 1 aromatic heterocycles. The molecule has 0 spiro atoms. The fourth-order valence-corrected chi connectivity index (χ4v) is 0.740. The SMILES string of the molecule is O=C(O)N1C=NCC1.c1c[nH]cn1. The maximum atomic E-state index is 10.0. The molecule has 2 heterocycles. The first-order valence-electron chi connectivity index (χ1n) is 3.73. The van der Waals surface area contributed by atoms with Crippen molar-refractivity contribution in [2.24, 2.45) is 4.99 Å². The summed E-state index contributed by atoms with van der Waals surface area (Å²) >= 11 is 0. The number of nitrogens with one attached hydrogen (secondary N) is 1. The van der Waals surface area contributed by atoms with Crippen LogP contribution in [0.25, 0.3) is 0 Å². The van der Waals surface area contributed by atoms with Crippen LogP contribution < -0.4 is 0 Å². The van der Waals surface area contributed by atoms with Gasteiger partial charge in [-0.1, -0.05) is 0 Å². The van der Waals surface area contributed by atoms with Crippen molar-refractivity contribution in [2.45, 2.75) is 0 Å². The van der Waals surface area contributed by atoms with E-state index in [1.807, 2.05) is 0 Å². The Kier molecular flexibility index (Phi) is 3.49. The lowest BCUT2D eigenvalue weighted by atomic mass is 10.6.